The topological polar surface area (TPSA) is 66.8 Å². The quantitative estimate of drug-likeness (QED) is 0.787. The molecule has 0 aliphatic heterocycles. The van der Waals surface area contributed by atoms with Gasteiger partial charge in [0.15, 0.2) is 0 Å². The molecular weight excluding hydrogens is 280 g/mol. The highest BCUT2D eigenvalue weighted by Crippen LogP contribution is 2.48. The first kappa shape index (κ1) is 18.9. The maximum absolute atomic E-state index is 12.2. The first-order valence-electron chi connectivity index (χ1n) is 7.78. The number of hydrogen-bond acceptors (Lipinski definition) is 4. The van der Waals surface area contributed by atoms with E-state index < -0.39 is 17.7 Å². The first-order valence-corrected chi connectivity index (χ1v) is 7.78. The van der Waals surface area contributed by atoms with Crippen molar-refractivity contribution in [2.75, 3.05) is 6.61 Å². The van der Waals surface area contributed by atoms with Crippen LogP contribution in [-0.4, -0.2) is 34.5 Å². The van der Waals surface area contributed by atoms with Crippen molar-refractivity contribution in [3.63, 3.8) is 0 Å². The standard InChI is InChI=1S/C18H30O4/c1-12(11-19)22-15(20)13-8-9-18(21,17(5,6)7)14(10-13)16(2,3)4/h8-10,12,14,19,21H,11H2,1-7H3. The van der Waals surface area contributed by atoms with Gasteiger partial charge in [-0.25, -0.2) is 4.79 Å². The molecule has 0 aromatic rings. The Bertz CT molecular complexity index is 476. The van der Waals surface area contributed by atoms with Gasteiger partial charge in [-0.15, -0.1) is 0 Å². The lowest BCUT2D eigenvalue weighted by atomic mass is 9.59. The molecule has 1 aliphatic rings. The summed E-state index contributed by atoms with van der Waals surface area (Å²) in [4.78, 5) is 12.2. The van der Waals surface area contributed by atoms with Gasteiger partial charge in [-0.3, -0.25) is 0 Å². The Morgan fingerprint density at radius 3 is 2.27 bits per heavy atom. The summed E-state index contributed by atoms with van der Waals surface area (Å²) < 4.78 is 5.16. The van der Waals surface area contributed by atoms with Crippen molar-refractivity contribution in [2.24, 2.45) is 16.7 Å². The molecule has 22 heavy (non-hydrogen) atoms. The van der Waals surface area contributed by atoms with Crippen LogP contribution in [0.25, 0.3) is 0 Å². The van der Waals surface area contributed by atoms with Gasteiger partial charge in [0.25, 0.3) is 0 Å². The largest absolute Gasteiger partial charge is 0.457 e. The number of carbonyl (C=O) groups excluding carboxylic acids is 1. The summed E-state index contributed by atoms with van der Waals surface area (Å²) in [5.41, 5.74) is -1.21. The highest BCUT2D eigenvalue weighted by molar-refractivity contribution is 5.92. The van der Waals surface area contributed by atoms with Crippen LogP contribution in [-0.2, 0) is 9.53 Å². The molecule has 0 aromatic carbocycles. The minimum Gasteiger partial charge on any atom is -0.457 e. The van der Waals surface area contributed by atoms with Crippen LogP contribution in [0.15, 0.2) is 23.8 Å². The summed E-state index contributed by atoms with van der Waals surface area (Å²) in [6, 6.07) is 0. The van der Waals surface area contributed by atoms with E-state index in [2.05, 4.69) is 0 Å². The molecule has 2 N–H and O–H groups in total. The van der Waals surface area contributed by atoms with Gasteiger partial charge < -0.3 is 14.9 Å². The molecule has 0 saturated carbocycles. The fourth-order valence-corrected chi connectivity index (χ4v) is 2.73. The molecule has 0 fully saturated rings. The first-order chi connectivity index (χ1) is 9.83. The third-order valence-electron chi connectivity index (χ3n) is 4.27. The molecule has 0 aromatic heterocycles. The molecule has 3 unspecified atom stereocenters. The van der Waals surface area contributed by atoms with Crippen LogP contribution in [0.1, 0.15) is 48.5 Å². The van der Waals surface area contributed by atoms with Crippen molar-refractivity contribution in [3.8, 4) is 0 Å². The Hall–Kier alpha value is -1.13. The van der Waals surface area contributed by atoms with E-state index in [1.807, 2.05) is 41.5 Å². The lowest BCUT2D eigenvalue weighted by Gasteiger charge is -2.49. The average Bonchev–Trinajstić information content (AvgIpc) is 2.36. The number of esters is 1. The van der Waals surface area contributed by atoms with E-state index in [1.54, 1.807) is 25.2 Å². The van der Waals surface area contributed by atoms with Gasteiger partial charge in [0.05, 0.1) is 17.8 Å². The second-order valence-corrected chi connectivity index (χ2v) is 8.27. The van der Waals surface area contributed by atoms with Gasteiger partial charge in [-0.05, 0) is 23.8 Å². The molecule has 0 bridgehead atoms. The van der Waals surface area contributed by atoms with Crippen molar-refractivity contribution in [1.82, 2.24) is 0 Å². The maximum atomic E-state index is 12.2. The molecule has 0 heterocycles. The molecule has 3 atom stereocenters. The SMILES string of the molecule is CC(CO)OC(=O)C1=CC(C(C)(C)C)C(O)(C(C)(C)C)C=C1. The minimum atomic E-state index is -1.04. The number of aliphatic hydroxyl groups is 2. The average molecular weight is 310 g/mol. The molecule has 1 aliphatic carbocycles. The van der Waals surface area contributed by atoms with Crippen LogP contribution in [0.5, 0.6) is 0 Å². The smallest absolute Gasteiger partial charge is 0.338 e. The van der Waals surface area contributed by atoms with Gasteiger partial charge >= 0.3 is 5.97 Å². The highest BCUT2D eigenvalue weighted by Gasteiger charge is 2.50. The van der Waals surface area contributed by atoms with Gasteiger partial charge in [0, 0.05) is 5.92 Å². The number of hydrogen-bond donors (Lipinski definition) is 2. The fourth-order valence-electron chi connectivity index (χ4n) is 2.73. The van der Waals surface area contributed by atoms with Crippen molar-refractivity contribution in [3.05, 3.63) is 23.8 Å². The fraction of sp³-hybridized carbons (Fsp3) is 0.722. The molecule has 0 radical (unpaired) electrons. The Morgan fingerprint density at radius 1 is 1.32 bits per heavy atom. The minimum absolute atomic E-state index is 0.211. The van der Waals surface area contributed by atoms with E-state index in [9.17, 15) is 9.90 Å². The van der Waals surface area contributed by atoms with E-state index >= 15 is 0 Å². The van der Waals surface area contributed by atoms with Gasteiger partial charge in [-0.2, -0.15) is 0 Å². The molecular formula is C18H30O4. The predicted octanol–water partition coefficient (Wildman–Crippen LogP) is 2.85. The van der Waals surface area contributed by atoms with E-state index in [0.29, 0.717) is 5.57 Å². The summed E-state index contributed by atoms with van der Waals surface area (Å²) >= 11 is 0. The lowest BCUT2D eigenvalue weighted by molar-refractivity contribution is -0.145. The van der Waals surface area contributed by atoms with Gasteiger partial charge in [0.1, 0.15) is 6.10 Å². The van der Waals surface area contributed by atoms with Crippen LogP contribution < -0.4 is 0 Å². The Balaban J connectivity index is 3.18. The molecule has 0 saturated heterocycles. The van der Waals surface area contributed by atoms with Gasteiger partial charge in [0.2, 0.25) is 0 Å². The zero-order chi connectivity index (χ0) is 17.3. The second-order valence-electron chi connectivity index (χ2n) is 8.27. The number of carbonyl (C=O) groups is 1. The normalized spacial score (nSPS) is 27.3. The Kier molecular flexibility index (Phi) is 5.30. The van der Waals surface area contributed by atoms with Crippen molar-refractivity contribution in [2.45, 2.75) is 60.2 Å². The predicted molar refractivity (Wildman–Crippen MR) is 87.2 cm³/mol. The third-order valence-corrected chi connectivity index (χ3v) is 4.27. The maximum Gasteiger partial charge on any atom is 0.338 e. The number of rotatable bonds is 3. The summed E-state index contributed by atoms with van der Waals surface area (Å²) in [6.45, 7) is 13.5. The van der Waals surface area contributed by atoms with E-state index in [0.717, 1.165) is 0 Å². The van der Waals surface area contributed by atoms with E-state index in [1.165, 1.54) is 0 Å². The van der Waals surface area contributed by atoms with Crippen LogP contribution in [0.3, 0.4) is 0 Å². The second kappa shape index (κ2) is 6.17. The van der Waals surface area contributed by atoms with Gasteiger partial charge in [-0.1, -0.05) is 53.7 Å². The van der Waals surface area contributed by atoms with Crippen LogP contribution in [0, 0.1) is 16.7 Å². The summed E-state index contributed by atoms with van der Waals surface area (Å²) in [5.74, 6) is -0.694. The van der Waals surface area contributed by atoms with Crippen LogP contribution >= 0.6 is 0 Å². The molecule has 4 heteroatoms. The zero-order valence-corrected chi connectivity index (χ0v) is 14.8. The van der Waals surface area contributed by atoms with Crippen molar-refractivity contribution in [1.29, 1.82) is 0 Å². The summed E-state index contributed by atoms with van der Waals surface area (Å²) in [6.07, 6.45) is 4.60. The van der Waals surface area contributed by atoms with Crippen LogP contribution in [0.4, 0.5) is 0 Å². The zero-order valence-electron chi connectivity index (χ0n) is 14.8. The number of ether oxygens (including phenoxy) is 1. The third kappa shape index (κ3) is 3.79. The van der Waals surface area contributed by atoms with E-state index in [4.69, 9.17) is 9.84 Å². The van der Waals surface area contributed by atoms with Crippen LogP contribution in [0.2, 0.25) is 0 Å². The highest BCUT2D eigenvalue weighted by atomic mass is 16.5. The Morgan fingerprint density at radius 2 is 1.86 bits per heavy atom. The molecule has 1 rings (SSSR count). The summed E-state index contributed by atoms with van der Waals surface area (Å²) in [7, 11) is 0. The molecule has 0 spiro atoms. The van der Waals surface area contributed by atoms with Crippen molar-refractivity contribution < 1.29 is 19.7 Å². The monoisotopic (exact) mass is 310 g/mol. The molecule has 4 nitrogen and oxygen atoms in total. The molecule has 126 valence electrons. The number of aliphatic hydroxyl groups excluding tert-OH is 1. The van der Waals surface area contributed by atoms with Crippen molar-refractivity contribution >= 4 is 5.97 Å². The molecule has 0 amide bonds. The van der Waals surface area contributed by atoms with E-state index in [-0.39, 0.29) is 23.4 Å². The Labute approximate surface area is 133 Å². The lowest BCUT2D eigenvalue weighted by Crippen LogP contribution is -2.52. The summed E-state index contributed by atoms with van der Waals surface area (Å²) in [5, 5.41) is 20.2.